The van der Waals surface area contributed by atoms with Crippen LogP contribution in [0.1, 0.15) is 20.7 Å². The Bertz CT molecular complexity index is 669. The molecule has 0 bridgehead atoms. The van der Waals surface area contributed by atoms with Gasteiger partial charge in [-0.15, -0.1) is 0 Å². The van der Waals surface area contributed by atoms with Crippen molar-refractivity contribution in [3.8, 4) is 0 Å². The molecule has 0 aromatic heterocycles. The van der Waals surface area contributed by atoms with Crippen molar-refractivity contribution in [3.05, 3.63) is 52.8 Å². The van der Waals surface area contributed by atoms with E-state index in [1.165, 1.54) is 30.0 Å². The minimum atomic E-state index is -5.15. The molecule has 2 rings (SSSR count). The summed E-state index contributed by atoms with van der Waals surface area (Å²) >= 11 is 0. The summed E-state index contributed by atoms with van der Waals surface area (Å²) in [6.45, 7) is 0. The van der Waals surface area contributed by atoms with Crippen LogP contribution in [-0.2, 0) is 9.57 Å². The highest BCUT2D eigenvalue weighted by Crippen LogP contribution is 2.30. The van der Waals surface area contributed by atoms with E-state index in [9.17, 15) is 27.9 Å². The van der Waals surface area contributed by atoms with Gasteiger partial charge in [0.2, 0.25) is 0 Å². The first-order valence-electron chi connectivity index (χ1n) is 5.70. The second kappa shape index (κ2) is 5.45. The molecule has 1 aromatic rings. The van der Waals surface area contributed by atoms with Crippen LogP contribution in [0.25, 0.3) is 0 Å². The number of ether oxygens (including phenoxy) is 1. The van der Waals surface area contributed by atoms with Crippen molar-refractivity contribution >= 4 is 11.8 Å². The predicted octanol–water partition coefficient (Wildman–Crippen LogP) is 1.11. The molecule has 0 spiro atoms. The van der Waals surface area contributed by atoms with Crippen LogP contribution in [-0.4, -0.2) is 30.2 Å². The molecular weight excluding hydrogens is 307 g/mol. The van der Waals surface area contributed by atoms with Crippen LogP contribution in [0.2, 0.25) is 0 Å². The van der Waals surface area contributed by atoms with E-state index in [0.717, 1.165) is 7.11 Å². The highest BCUT2D eigenvalue weighted by molar-refractivity contribution is 6.20. The number of imide groups is 1. The van der Waals surface area contributed by atoms with Crippen LogP contribution in [0.4, 0.5) is 13.2 Å². The molecule has 22 heavy (non-hydrogen) atoms. The summed E-state index contributed by atoms with van der Waals surface area (Å²) in [5, 5.41) is 10.8. The second-order valence-electron chi connectivity index (χ2n) is 3.99. The molecule has 0 unspecified atom stereocenters. The van der Waals surface area contributed by atoms with Gasteiger partial charge in [-0.25, -0.2) is 0 Å². The van der Waals surface area contributed by atoms with Crippen molar-refractivity contribution in [2.24, 2.45) is 0 Å². The number of alkyl halides is 3. The first-order chi connectivity index (χ1) is 10.3. The molecule has 0 saturated carbocycles. The molecule has 0 aliphatic carbocycles. The summed E-state index contributed by atoms with van der Waals surface area (Å²) in [6.07, 6.45) is -5.15. The van der Waals surface area contributed by atoms with E-state index in [1.807, 2.05) is 0 Å². The fourth-order valence-corrected chi connectivity index (χ4v) is 1.63. The molecule has 6 nitrogen and oxygen atoms in total. The molecular formula is C13H7F3NO5-. The van der Waals surface area contributed by atoms with Gasteiger partial charge < -0.3 is 14.7 Å². The van der Waals surface area contributed by atoms with Gasteiger partial charge in [0.25, 0.3) is 17.6 Å². The standard InChI is InChI=1S/C13H8F3NO5/c1-21-10(18)6-9(13(14,15)16)22-17-11(19)7-4-2-3-5-8(7)12(17)20/h2-5,18H,1H3/p-1. The Labute approximate surface area is 121 Å². The minimum Gasteiger partial charge on any atom is -0.611 e. The van der Waals surface area contributed by atoms with Crippen LogP contribution in [0.5, 0.6) is 0 Å². The highest BCUT2D eigenvalue weighted by Gasteiger charge is 2.44. The number of amides is 2. The lowest BCUT2D eigenvalue weighted by Crippen LogP contribution is -2.33. The van der Waals surface area contributed by atoms with Gasteiger partial charge in [0.1, 0.15) is 5.95 Å². The Hall–Kier alpha value is -2.93. The molecule has 0 fully saturated rings. The number of nitrogens with zero attached hydrogens (tertiary/aromatic N) is 1. The van der Waals surface area contributed by atoms with Crippen LogP contribution < -0.4 is 5.11 Å². The van der Waals surface area contributed by atoms with Crippen molar-refractivity contribution in [1.29, 1.82) is 0 Å². The van der Waals surface area contributed by atoms with Crippen molar-refractivity contribution in [2.45, 2.75) is 6.18 Å². The van der Waals surface area contributed by atoms with Gasteiger partial charge in [-0.05, 0) is 25.0 Å². The lowest BCUT2D eigenvalue weighted by molar-refractivity contribution is -0.353. The Morgan fingerprint density at radius 2 is 1.68 bits per heavy atom. The van der Waals surface area contributed by atoms with E-state index in [4.69, 9.17) is 0 Å². The SMILES string of the molecule is COC([O-])=C=C(ON1C(=O)c2ccccc2C1=O)C(F)(F)F. The Morgan fingerprint density at radius 3 is 2.09 bits per heavy atom. The molecule has 116 valence electrons. The largest absolute Gasteiger partial charge is 0.611 e. The topological polar surface area (TPSA) is 78.9 Å². The Kier molecular flexibility index (Phi) is 3.83. The van der Waals surface area contributed by atoms with Crippen LogP contribution >= 0.6 is 0 Å². The molecule has 1 aromatic carbocycles. The second-order valence-corrected chi connectivity index (χ2v) is 3.99. The molecule has 0 N–H and O–H groups in total. The number of allylic oxidation sites excluding steroid dienone is 1. The third kappa shape index (κ3) is 2.75. The lowest BCUT2D eigenvalue weighted by Gasteiger charge is -2.17. The Balaban J connectivity index is 2.40. The van der Waals surface area contributed by atoms with Crippen LogP contribution in [0.3, 0.4) is 0 Å². The molecule has 0 radical (unpaired) electrons. The van der Waals surface area contributed by atoms with E-state index < -0.39 is 29.7 Å². The molecule has 1 heterocycles. The van der Waals surface area contributed by atoms with Crippen molar-refractivity contribution in [3.63, 3.8) is 0 Å². The van der Waals surface area contributed by atoms with E-state index in [0.29, 0.717) is 0 Å². The number of rotatable bonds is 3. The van der Waals surface area contributed by atoms with Gasteiger partial charge in [0.15, 0.2) is 0 Å². The number of fused-ring (bicyclic) bond motifs is 1. The molecule has 0 saturated heterocycles. The van der Waals surface area contributed by atoms with Crippen molar-refractivity contribution < 1.29 is 37.4 Å². The van der Waals surface area contributed by atoms with Gasteiger partial charge in [0, 0.05) is 0 Å². The number of benzene rings is 1. The fraction of sp³-hybridized carbons (Fsp3) is 0.154. The molecule has 1 aliphatic rings. The maximum absolute atomic E-state index is 12.8. The average Bonchev–Trinajstić information content (AvgIpc) is 2.70. The van der Waals surface area contributed by atoms with E-state index in [-0.39, 0.29) is 16.2 Å². The normalized spacial score (nSPS) is 13.5. The number of hydrogen-bond acceptors (Lipinski definition) is 5. The molecule has 0 atom stereocenters. The molecule has 1 aliphatic heterocycles. The first-order valence-corrected chi connectivity index (χ1v) is 5.70. The third-order valence-electron chi connectivity index (χ3n) is 2.60. The summed E-state index contributed by atoms with van der Waals surface area (Å²) in [7, 11) is 0.839. The zero-order valence-corrected chi connectivity index (χ0v) is 10.9. The van der Waals surface area contributed by atoms with E-state index in [2.05, 4.69) is 9.57 Å². The number of hydroxylamine groups is 2. The summed E-state index contributed by atoms with van der Waals surface area (Å²) in [4.78, 5) is 28.0. The first kappa shape index (κ1) is 15.5. The lowest BCUT2D eigenvalue weighted by atomic mass is 10.1. The van der Waals surface area contributed by atoms with E-state index >= 15 is 0 Å². The van der Waals surface area contributed by atoms with Gasteiger partial charge >= 0.3 is 6.18 Å². The maximum Gasteiger partial charge on any atom is 0.460 e. The van der Waals surface area contributed by atoms with Gasteiger partial charge in [0.05, 0.1) is 11.1 Å². The number of carbonyl (C=O) groups excluding carboxylic acids is 2. The number of hydrogen-bond donors (Lipinski definition) is 0. The molecule has 2 amide bonds. The van der Waals surface area contributed by atoms with Gasteiger partial charge in [-0.2, -0.15) is 13.2 Å². The van der Waals surface area contributed by atoms with Crippen LogP contribution in [0, 0.1) is 0 Å². The third-order valence-corrected chi connectivity index (χ3v) is 2.60. The smallest absolute Gasteiger partial charge is 0.460 e. The van der Waals surface area contributed by atoms with Crippen LogP contribution in [0.15, 0.2) is 41.7 Å². The number of methoxy groups -OCH3 is 1. The van der Waals surface area contributed by atoms with Gasteiger partial charge in [-0.3, -0.25) is 9.59 Å². The summed E-state index contributed by atoms with van der Waals surface area (Å²) in [5.74, 6) is -5.58. The summed E-state index contributed by atoms with van der Waals surface area (Å²) in [5.41, 5.74) is 1.05. The van der Waals surface area contributed by atoms with Crippen molar-refractivity contribution in [2.75, 3.05) is 7.11 Å². The number of carbonyl (C=O) groups is 2. The fourth-order valence-electron chi connectivity index (χ4n) is 1.63. The predicted molar refractivity (Wildman–Crippen MR) is 61.6 cm³/mol. The minimum absolute atomic E-state index is 0.0799. The maximum atomic E-state index is 12.8. The quantitative estimate of drug-likeness (QED) is 0.474. The zero-order valence-electron chi connectivity index (χ0n) is 10.9. The summed E-state index contributed by atoms with van der Waals surface area (Å²) in [6, 6.07) is 5.41. The monoisotopic (exact) mass is 314 g/mol. The average molecular weight is 314 g/mol. The molecule has 9 heteroatoms. The zero-order chi connectivity index (χ0) is 16.5. The summed E-state index contributed by atoms with van der Waals surface area (Å²) < 4.78 is 42.3. The Morgan fingerprint density at radius 1 is 1.18 bits per heavy atom. The van der Waals surface area contributed by atoms with E-state index in [1.54, 1.807) is 0 Å². The van der Waals surface area contributed by atoms with Gasteiger partial charge in [-0.1, -0.05) is 17.2 Å². The van der Waals surface area contributed by atoms with Crippen molar-refractivity contribution in [1.82, 2.24) is 5.06 Å². The highest BCUT2D eigenvalue weighted by atomic mass is 19.4. The number of halogens is 3.